The summed E-state index contributed by atoms with van der Waals surface area (Å²) in [4.78, 5) is 16.7. The van der Waals surface area contributed by atoms with Gasteiger partial charge in [0.25, 0.3) is 5.91 Å². The number of nitrogens with zero attached hydrogens (tertiary/aromatic N) is 2. The Hall–Kier alpha value is -2.38. The van der Waals surface area contributed by atoms with Crippen LogP contribution < -0.4 is 5.32 Å². The van der Waals surface area contributed by atoms with Crippen molar-refractivity contribution < 1.29 is 13.2 Å². The van der Waals surface area contributed by atoms with E-state index in [0.717, 1.165) is 11.9 Å². The van der Waals surface area contributed by atoms with Crippen LogP contribution in [0.1, 0.15) is 16.1 Å². The number of rotatable bonds is 4. The van der Waals surface area contributed by atoms with Gasteiger partial charge in [0, 0.05) is 24.2 Å². The molecule has 0 unspecified atom stereocenters. The molecule has 0 saturated heterocycles. The van der Waals surface area contributed by atoms with Crippen molar-refractivity contribution in [2.24, 2.45) is 0 Å². The predicted molar refractivity (Wildman–Crippen MR) is 90.9 cm³/mol. The number of hydrogen-bond acceptors (Lipinski definition) is 4. The molecule has 0 aliphatic carbocycles. The molecule has 0 saturated carbocycles. The Bertz CT molecular complexity index is 1010. The first-order chi connectivity index (χ1) is 11.3. The van der Waals surface area contributed by atoms with E-state index in [9.17, 15) is 13.2 Å². The third-order valence-corrected chi connectivity index (χ3v) is 4.79. The fourth-order valence-corrected chi connectivity index (χ4v) is 3.03. The number of carbonyl (C=O) groups is 1. The van der Waals surface area contributed by atoms with Crippen LogP contribution in [0.4, 0.5) is 0 Å². The molecule has 0 atom stereocenters. The van der Waals surface area contributed by atoms with Gasteiger partial charge >= 0.3 is 0 Å². The van der Waals surface area contributed by atoms with Crippen molar-refractivity contribution in [1.29, 1.82) is 0 Å². The first-order valence-corrected chi connectivity index (χ1v) is 9.31. The number of halogens is 1. The van der Waals surface area contributed by atoms with E-state index in [1.54, 1.807) is 28.9 Å². The van der Waals surface area contributed by atoms with Crippen molar-refractivity contribution in [1.82, 2.24) is 14.7 Å². The standard InChI is InChI=1S/C16H14ClN3O3S/c1-24(22,23)14-5-2-11(3-6-14)16(21)18-8-13-10-20-9-12(17)4-7-15(20)19-13/h2-7,9-10H,8H2,1H3,(H,18,21). The highest BCUT2D eigenvalue weighted by Crippen LogP contribution is 2.13. The highest BCUT2D eigenvalue weighted by Gasteiger charge is 2.10. The van der Waals surface area contributed by atoms with Crippen LogP contribution in [0, 0.1) is 0 Å². The quantitative estimate of drug-likeness (QED) is 0.771. The van der Waals surface area contributed by atoms with Gasteiger partial charge in [0.05, 0.1) is 22.2 Å². The molecule has 2 heterocycles. The zero-order valence-corrected chi connectivity index (χ0v) is 14.3. The van der Waals surface area contributed by atoms with Gasteiger partial charge in [0.15, 0.2) is 9.84 Å². The average Bonchev–Trinajstić information content (AvgIpc) is 2.94. The highest BCUT2D eigenvalue weighted by molar-refractivity contribution is 7.90. The minimum Gasteiger partial charge on any atom is -0.346 e. The monoisotopic (exact) mass is 363 g/mol. The molecule has 0 radical (unpaired) electrons. The smallest absolute Gasteiger partial charge is 0.251 e. The van der Waals surface area contributed by atoms with E-state index in [1.165, 1.54) is 24.3 Å². The van der Waals surface area contributed by atoms with Gasteiger partial charge in [-0.25, -0.2) is 13.4 Å². The maximum Gasteiger partial charge on any atom is 0.251 e. The lowest BCUT2D eigenvalue weighted by Gasteiger charge is -2.04. The summed E-state index contributed by atoms with van der Waals surface area (Å²) >= 11 is 5.92. The van der Waals surface area contributed by atoms with Gasteiger partial charge in [0.2, 0.25) is 0 Å². The molecule has 24 heavy (non-hydrogen) atoms. The van der Waals surface area contributed by atoms with E-state index in [4.69, 9.17) is 11.6 Å². The Morgan fingerprint density at radius 3 is 2.54 bits per heavy atom. The van der Waals surface area contributed by atoms with Crippen molar-refractivity contribution in [2.75, 3.05) is 6.26 Å². The van der Waals surface area contributed by atoms with Crippen LogP contribution in [0.5, 0.6) is 0 Å². The maximum absolute atomic E-state index is 12.1. The minimum atomic E-state index is -3.27. The molecular formula is C16H14ClN3O3S. The van der Waals surface area contributed by atoms with E-state index in [2.05, 4.69) is 10.3 Å². The molecule has 1 aromatic carbocycles. The van der Waals surface area contributed by atoms with Crippen molar-refractivity contribution in [2.45, 2.75) is 11.4 Å². The summed E-state index contributed by atoms with van der Waals surface area (Å²) in [6, 6.07) is 9.33. The molecule has 1 amide bonds. The first-order valence-electron chi connectivity index (χ1n) is 7.04. The molecule has 3 aromatic rings. The molecule has 0 spiro atoms. The lowest BCUT2D eigenvalue weighted by atomic mass is 10.2. The fraction of sp³-hybridized carbons (Fsp3) is 0.125. The van der Waals surface area contributed by atoms with Gasteiger partial charge in [-0.2, -0.15) is 0 Å². The zero-order valence-electron chi connectivity index (χ0n) is 12.7. The van der Waals surface area contributed by atoms with Gasteiger partial charge in [-0.05, 0) is 36.4 Å². The van der Waals surface area contributed by atoms with E-state index in [1.807, 2.05) is 0 Å². The van der Waals surface area contributed by atoms with Gasteiger partial charge in [-0.1, -0.05) is 11.6 Å². The molecule has 124 valence electrons. The normalized spacial score (nSPS) is 11.6. The number of fused-ring (bicyclic) bond motifs is 1. The largest absolute Gasteiger partial charge is 0.346 e. The number of sulfone groups is 1. The van der Waals surface area contributed by atoms with E-state index >= 15 is 0 Å². The van der Waals surface area contributed by atoms with Crippen molar-refractivity contribution in [3.8, 4) is 0 Å². The van der Waals surface area contributed by atoms with Crippen LogP contribution in [0.2, 0.25) is 5.02 Å². The third-order valence-electron chi connectivity index (χ3n) is 3.44. The summed E-state index contributed by atoms with van der Waals surface area (Å²) < 4.78 is 24.6. The first kappa shape index (κ1) is 16.5. The van der Waals surface area contributed by atoms with Crippen LogP contribution >= 0.6 is 11.6 Å². The van der Waals surface area contributed by atoms with Gasteiger partial charge in [0.1, 0.15) is 5.65 Å². The molecule has 6 nitrogen and oxygen atoms in total. The third kappa shape index (κ3) is 3.58. The average molecular weight is 364 g/mol. The van der Waals surface area contributed by atoms with E-state index in [-0.39, 0.29) is 17.3 Å². The molecule has 3 rings (SSSR count). The molecule has 8 heteroatoms. The van der Waals surface area contributed by atoms with E-state index < -0.39 is 9.84 Å². The highest BCUT2D eigenvalue weighted by atomic mass is 35.5. The number of hydrogen-bond donors (Lipinski definition) is 1. The Morgan fingerprint density at radius 2 is 1.88 bits per heavy atom. The number of aromatic nitrogens is 2. The molecule has 0 bridgehead atoms. The van der Waals surface area contributed by atoms with Gasteiger partial charge in [-0.3, -0.25) is 4.79 Å². The lowest BCUT2D eigenvalue weighted by Crippen LogP contribution is -2.22. The second kappa shape index (κ2) is 6.26. The SMILES string of the molecule is CS(=O)(=O)c1ccc(C(=O)NCc2cn3cc(Cl)ccc3n2)cc1. The Balaban J connectivity index is 1.70. The molecular weight excluding hydrogens is 350 g/mol. The second-order valence-corrected chi connectivity index (χ2v) is 7.78. The number of pyridine rings is 1. The van der Waals surface area contributed by atoms with Crippen LogP contribution in [0.3, 0.4) is 0 Å². The Morgan fingerprint density at radius 1 is 1.17 bits per heavy atom. The molecule has 2 aromatic heterocycles. The van der Waals surface area contributed by atoms with Crippen molar-refractivity contribution in [3.63, 3.8) is 0 Å². The summed E-state index contributed by atoms with van der Waals surface area (Å²) in [6.45, 7) is 0.256. The van der Waals surface area contributed by atoms with Crippen molar-refractivity contribution >= 4 is 33.0 Å². The maximum atomic E-state index is 12.1. The number of carbonyl (C=O) groups excluding carboxylic acids is 1. The lowest BCUT2D eigenvalue weighted by molar-refractivity contribution is 0.0950. The summed E-state index contributed by atoms with van der Waals surface area (Å²) in [5.74, 6) is -0.301. The zero-order chi connectivity index (χ0) is 17.3. The number of benzene rings is 1. The summed E-state index contributed by atoms with van der Waals surface area (Å²) in [5, 5.41) is 3.35. The van der Waals surface area contributed by atoms with Crippen LogP contribution in [0.15, 0.2) is 53.7 Å². The van der Waals surface area contributed by atoms with Crippen LogP contribution in [0.25, 0.3) is 5.65 Å². The van der Waals surface area contributed by atoms with Crippen LogP contribution in [-0.4, -0.2) is 30.0 Å². The summed E-state index contributed by atoms with van der Waals surface area (Å²) in [6.07, 6.45) is 4.64. The predicted octanol–water partition coefficient (Wildman–Crippen LogP) is 2.32. The number of nitrogens with one attached hydrogen (secondary N) is 1. The molecule has 0 aliphatic rings. The Labute approximate surface area is 144 Å². The fourth-order valence-electron chi connectivity index (χ4n) is 2.23. The number of imidazole rings is 1. The minimum absolute atomic E-state index is 0.177. The topological polar surface area (TPSA) is 80.5 Å². The van der Waals surface area contributed by atoms with Gasteiger partial charge in [-0.15, -0.1) is 0 Å². The molecule has 1 N–H and O–H groups in total. The number of amides is 1. The van der Waals surface area contributed by atoms with Crippen molar-refractivity contribution in [3.05, 3.63) is 65.1 Å². The van der Waals surface area contributed by atoms with E-state index in [0.29, 0.717) is 16.3 Å². The second-order valence-electron chi connectivity index (χ2n) is 5.32. The van der Waals surface area contributed by atoms with Gasteiger partial charge < -0.3 is 9.72 Å². The Kier molecular flexibility index (Phi) is 4.29. The molecule has 0 fully saturated rings. The van der Waals surface area contributed by atoms with Crippen LogP contribution in [-0.2, 0) is 16.4 Å². The summed E-state index contributed by atoms with van der Waals surface area (Å²) in [5.41, 5.74) is 1.81. The summed E-state index contributed by atoms with van der Waals surface area (Å²) in [7, 11) is -3.27. The molecule has 0 aliphatic heterocycles.